The quantitative estimate of drug-likeness (QED) is 0.598. The Morgan fingerprint density at radius 1 is 1.09 bits per heavy atom. The summed E-state index contributed by atoms with van der Waals surface area (Å²) in [5.74, 6) is 0.0403. The fraction of sp³-hybridized carbons (Fsp3) is 0.600. The van der Waals surface area contributed by atoms with Crippen LogP contribution in [0.1, 0.15) is 51.0 Å². The molecule has 0 N–H and O–H groups in total. The molecule has 1 aliphatic rings. The molecule has 0 aliphatic heterocycles. The predicted molar refractivity (Wildman–Crippen MR) is 77.0 cm³/mol. The van der Waals surface area contributed by atoms with E-state index in [2.05, 4.69) is 18.0 Å². The zero-order chi connectivity index (χ0) is 16.6. The van der Waals surface area contributed by atoms with E-state index in [0.717, 1.165) is 31.2 Å². The highest BCUT2D eigenvalue weighted by molar-refractivity contribution is 7.87. The molecule has 3 nitrogen and oxygen atoms in total. The minimum atomic E-state index is -5.60. The fourth-order valence-electron chi connectivity index (χ4n) is 2.70. The topological polar surface area (TPSA) is 43.4 Å². The highest BCUT2D eigenvalue weighted by Crippen LogP contribution is 2.42. The number of benzene rings is 1. The van der Waals surface area contributed by atoms with Gasteiger partial charge in [0.15, 0.2) is 0 Å². The number of rotatable bonds is 3. The molecule has 0 saturated heterocycles. The van der Waals surface area contributed by atoms with E-state index in [1.54, 1.807) is 12.1 Å². The molecule has 0 unspecified atom stereocenters. The third-order valence-corrected chi connectivity index (χ3v) is 5.16. The number of hydrogen-bond acceptors (Lipinski definition) is 3. The Kier molecular flexibility index (Phi) is 4.48. The summed E-state index contributed by atoms with van der Waals surface area (Å²) in [5.41, 5.74) is -4.08. The zero-order valence-electron chi connectivity index (χ0n) is 12.5. The third kappa shape index (κ3) is 3.94. The molecule has 22 heavy (non-hydrogen) atoms. The minimum Gasteiger partial charge on any atom is -0.376 e. The van der Waals surface area contributed by atoms with E-state index in [1.807, 2.05) is 0 Å². The van der Waals surface area contributed by atoms with Crippen LogP contribution in [-0.4, -0.2) is 13.9 Å². The van der Waals surface area contributed by atoms with Gasteiger partial charge in [0.1, 0.15) is 5.75 Å². The maximum Gasteiger partial charge on any atom is 0.534 e. The van der Waals surface area contributed by atoms with Crippen LogP contribution in [0.25, 0.3) is 0 Å². The smallest absolute Gasteiger partial charge is 0.376 e. The summed E-state index contributed by atoms with van der Waals surface area (Å²) in [6.45, 7) is 4.45. The van der Waals surface area contributed by atoms with Crippen LogP contribution in [0.5, 0.6) is 5.75 Å². The van der Waals surface area contributed by atoms with Crippen LogP contribution in [0.2, 0.25) is 0 Å². The van der Waals surface area contributed by atoms with E-state index in [9.17, 15) is 21.6 Å². The first-order chi connectivity index (χ1) is 10.0. The Morgan fingerprint density at radius 3 is 2.05 bits per heavy atom. The van der Waals surface area contributed by atoms with Crippen LogP contribution in [-0.2, 0) is 10.1 Å². The van der Waals surface area contributed by atoms with Gasteiger partial charge in [-0.25, -0.2) is 0 Å². The van der Waals surface area contributed by atoms with Gasteiger partial charge in [0.05, 0.1) is 0 Å². The van der Waals surface area contributed by atoms with Crippen molar-refractivity contribution >= 4 is 10.1 Å². The van der Waals surface area contributed by atoms with E-state index in [4.69, 9.17) is 0 Å². The second-order valence-electron chi connectivity index (χ2n) is 6.49. The van der Waals surface area contributed by atoms with Crippen molar-refractivity contribution in [2.75, 3.05) is 0 Å². The lowest BCUT2D eigenvalue weighted by Crippen LogP contribution is -2.28. The summed E-state index contributed by atoms with van der Waals surface area (Å²) < 4.78 is 62.7. The summed E-state index contributed by atoms with van der Waals surface area (Å²) in [5, 5.41) is 0. The molecule has 0 bridgehead atoms. The van der Waals surface area contributed by atoms with E-state index in [-0.39, 0.29) is 5.75 Å². The SMILES string of the molecule is CC1(C)CCC(c2ccc(OS(=O)(=O)C(F)(F)F)cc2)CC1. The van der Waals surface area contributed by atoms with Gasteiger partial charge in [-0.3, -0.25) is 0 Å². The third-order valence-electron chi connectivity index (χ3n) is 4.18. The molecular formula is C15H19F3O3S. The molecule has 0 aromatic heterocycles. The van der Waals surface area contributed by atoms with Crippen molar-refractivity contribution in [1.29, 1.82) is 0 Å². The van der Waals surface area contributed by atoms with Crippen molar-refractivity contribution in [2.24, 2.45) is 5.41 Å². The molecule has 0 atom stereocenters. The Morgan fingerprint density at radius 2 is 1.59 bits per heavy atom. The van der Waals surface area contributed by atoms with Crippen LogP contribution in [0.3, 0.4) is 0 Å². The minimum absolute atomic E-state index is 0.322. The normalized spacial score (nSPS) is 19.9. The van der Waals surface area contributed by atoms with Crippen LogP contribution < -0.4 is 4.18 Å². The average Bonchev–Trinajstić information content (AvgIpc) is 2.38. The fourth-order valence-corrected chi connectivity index (χ4v) is 3.16. The molecule has 2 rings (SSSR count). The lowest BCUT2D eigenvalue weighted by atomic mass is 9.71. The van der Waals surface area contributed by atoms with Crippen LogP contribution >= 0.6 is 0 Å². The number of alkyl halides is 3. The van der Waals surface area contributed by atoms with Crippen LogP contribution in [0.15, 0.2) is 24.3 Å². The first-order valence-electron chi connectivity index (χ1n) is 7.11. The first-order valence-corrected chi connectivity index (χ1v) is 8.52. The molecule has 1 saturated carbocycles. The standard InChI is InChI=1S/C15H19F3O3S/c1-14(2)9-7-12(8-10-14)11-3-5-13(6-4-11)21-22(19,20)15(16,17)18/h3-6,12H,7-10H2,1-2H3. The van der Waals surface area contributed by atoms with Crippen LogP contribution in [0.4, 0.5) is 13.2 Å². The average molecular weight is 336 g/mol. The summed E-state index contributed by atoms with van der Waals surface area (Å²) in [6, 6.07) is 5.84. The van der Waals surface area contributed by atoms with Crippen molar-refractivity contribution in [3.05, 3.63) is 29.8 Å². The van der Waals surface area contributed by atoms with E-state index in [1.165, 1.54) is 12.1 Å². The number of halogens is 3. The van der Waals surface area contributed by atoms with Crippen molar-refractivity contribution < 1.29 is 25.8 Å². The molecule has 0 radical (unpaired) electrons. The van der Waals surface area contributed by atoms with E-state index in [0.29, 0.717) is 11.3 Å². The van der Waals surface area contributed by atoms with Gasteiger partial charge in [0.2, 0.25) is 0 Å². The van der Waals surface area contributed by atoms with Crippen molar-refractivity contribution in [3.8, 4) is 5.75 Å². The Bertz CT molecular complexity index is 608. The Labute approximate surface area is 128 Å². The maximum absolute atomic E-state index is 12.2. The highest BCUT2D eigenvalue weighted by atomic mass is 32.2. The van der Waals surface area contributed by atoms with E-state index < -0.39 is 15.6 Å². The monoisotopic (exact) mass is 336 g/mol. The largest absolute Gasteiger partial charge is 0.534 e. The second-order valence-corrected chi connectivity index (χ2v) is 8.03. The molecule has 1 aromatic carbocycles. The second kappa shape index (κ2) is 5.76. The van der Waals surface area contributed by atoms with Crippen molar-refractivity contribution in [2.45, 2.75) is 51.0 Å². The first kappa shape index (κ1) is 17.1. The lowest BCUT2D eigenvalue weighted by Gasteiger charge is -2.34. The Balaban J connectivity index is 2.06. The molecule has 0 amide bonds. The summed E-state index contributed by atoms with van der Waals surface area (Å²) in [6.07, 6.45) is 4.23. The number of hydrogen-bond donors (Lipinski definition) is 0. The summed E-state index contributed by atoms with van der Waals surface area (Å²) in [4.78, 5) is 0. The van der Waals surface area contributed by atoms with Gasteiger partial charge in [0, 0.05) is 0 Å². The molecule has 1 aromatic rings. The lowest BCUT2D eigenvalue weighted by molar-refractivity contribution is -0.0500. The van der Waals surface area contributed by atoms with Crippen LogP contribution in [0, 0.1) is 5.41 Å². The van der Waals surface area contributed by atoms with Gasteiger partial charge in [-0.1, -0.05) is 26.0 Å². The maximum atomic E-state index is 12.2. The zero-order valence-corrected chi connectivity index (χ0v) is 13.3. The van der Waals surface area contributed by atoms with Gasteiger partial charge in [0.25, 0.3) is 0 Å². The molecule has 1 fully saturated rings. The molecular weight excluding hydrogens is 317 g/mol. The van der Waals surface area contributed by atoms with Gasteiger partial charge >= 0.3 is 15.6 Å². The Hall–Kier alpha value is -1.24. The highest BCUT2D eigenvalue weighted by Gasteiger charge is 2.48. The van der Waals surface area contributed by atoms with Crippen molar-refractivity contribution in [3.63, 3.8) is 0 Å². The van der Waals surface area contributed by atoms with Gasteiger partial charge in [-0.15, -0.1) is 0 Å². The predicted octanol–water partition coefficient (Wildman–Crippen LogP) is 4.60. The van der Waals surface area contributed by atoms with E-state index >= 15 is 0 Å². The summed E-state index contributed by atoms with van der Waals surface area (Å²) in [7, 11) is -5.60. The molecule has 0 spiro atoms. The van der Waals surface area contributed by atoms with Gasteiger partial charge in [-0.05, 0) is 54.7 Å². The summed E-state index contributed by atoms with van der Waals surface area (Å²) >= 11 is 0. The molecule has 1 aliphatic carbocycles. The van der Waals surface area contributed by atoms with Crippen molar-refractivity contribution in [1.82, 2.24) is 0 Å². The molecule has 124 valence electrons. The molecule has 7 heteroatoms. The molecule has 0 heterocycles. The van der Waals surface area contributed by atoms with Gasteiger partial charge < -0.3 is 4.18 Å². The van der Waals surface area contributed by atoms with Gasteiger partial charge in [-0.2, -0.15) is 21.6 Å².